The average molecular weight is 662 g/mol. The number of aromatic nitrogens is 2. The van der Waals surface area contributed by atoms with E-state index >= 15 is 0 Å². The van der Waals surface area contributed by atoms with Gasteiger partial charge in [0, 0.05) is 35.5 Å². The highest BCUT2D eigenvalue weighted by Crippen LogP contribution is 2.38. The van der Waals surface area contributed by atoms with Crippen molar-refractivity contribution >= 4 is 40.8 Å². The number of hydrogen-bond donors (Lipinski definition) is 2. The molecule has 2 unspecified atom stereocenters. The number of pyridine rings is 2. The lowest BCUT2D eigenvalue weighted by Crippen LogP contribution is -2.46. The third-order valence-corrected chi connectivity index (χ3v) is 9.22. The van der Waals surface area contributed by atoms with Crippen LogP contribution < -0.4 is 10.9 Å². The van der Waals surface area contributed by atoms with Crippen molar-refractivity contribution in [1.82, 2.24) is 19.8 Å². The molecule has 2 N–H and O–H groups in total. The molecule has 2 amide bonds. The molecule has 250 valence electrons. The first-order valence-corrected chi connectivity index (χ1v) is 16.1. The van der Waals surface area contributed by atoms with Gasteiger partial charge in [-0.25, -0.2) is 14.6 Å². The van der Waals surface area contributed by atoms with Gasteiger partial charge in [-0.3, -0.25) is 14.6 Å². The van der Waals surface area contributed by atoms with Crippen LogP contribution in [0.4, 0.5) is 10.5 Å². The zero-order valence-corrected chi connectivity index (χ0v) is 27.5. The topological polar surface area (TPSA) is 152 Å². The van der Waals surface area contributed by atoms with E-state index in [9.17, 15) is 24.3 Å². The largest absolute Gasteiger partial charge is 0.462 e. The Bertz CT molecular complexity index is 2170. The Labute approximate surface area is 281 Å². The number of aliphatic imine (C=N–C) groups is 1. The van der Waals surface area contributed by atoms with E-state index in [0.29, 0.717) is 45.0 Å². The van der Waals surface area contributed by atoms with Crippen LogP contribution in [-0.2, 0) is 32.2 Å². The van der Waals surface area contributed by atoms with Crippen molar-refractivity contribution in [2.45, 2.75) is 52.5 Å². The highest BCUT2D eigenvalue weighted by molar-refractivity contribution is 6.03. The van der Waals surface area contributed by atoms with Crippen molar-refractivity contribution in [2.75, 3.05) is 13.7 Å². The molecule has 2 atom stereocenters. The molecule has 0 aliphatic carbocycles. The minimum Gasteiger partial charge on any atom is -0.462 e. The van der Waals surface area contributed by atoms with Gasteiger partial charge >= 0.3 is 18.0 Å². The van der Waals surface area contributed by atoms with E-state index < -0.39 is 24.1 Å². The predicted molar refractivity (Wildman–Crippen MR) is 181 cm³/mol. The lowest BCUT2D eigenvalue weighted by Gasteiger charge is -2.33. The number of carbonyl (C=O) groups excluding carboxylic acids is 3. The minimum atomic E-state index is -1.15. The fourth-order valence-corrected chi connectivity index (χ4v) is 6.50. The Kier molecular flexibility index (Phi) is 8.11. The number of para-hydroxylation sites is 1. The van der Waals surface area contributed by atoms with Gasteiger partial charge in [-0.2, -0.15) is 0 Å². The number of amides is 2. The Hall–Kier alpha value is -5.62. The molecular formula is C37H35N5O7. The van der Waals surface area contributed by atoms with Crippen molar-refractivity contribution in [2.24, 2.45) is 10.9 Å². The number of ether oxygens (including phenoxy) is 2. The van der Waals surface area contributed by atoms with E-state index in [1.165, 1.54) is 4.90 Å². The van der Waals surface area contributed by atoms with E-state index in [4.69, 9.17) is 19.5 Å². The summed E-state index contributed by atoms with van der Waals surface area (Å²) < 4.78 is 12.3. The third-order valence-electron chi connectivity index (χ3n) is 9.22. The molecule has 12 nitrogen and oxygen atoms in total. The van der Waals surface area contributed by atoms with E-state index in [1.807, 2.05) is 62.4 Å². The number of urea groups is 1. The minimum absolute atomic E-state index is 0.162. The second-order valence-electron chi connectivity index (χ2n) is 12.9. The van der Waals surface area contributed by atoms with Gasteiger partial charge in [0.05, 0.1) is 65.4 Å². The van der Waals surface area contributed by atoms with Crippen LogP contribution in [0.15, 0.2) is 75.7 Å². The Morgan fingerprint density at radius 3 is 2.65 bits per heavy atom. The summed E-state index contributed by atoms with van der Waals surface area (Å²) in [4.78, 5) is 62.6. The normalized spacial score (nSPS) is 18.7. The number of aliphatic hydroxyl groups excluding tert-OH is 1. The summed E-state index contributed by atoms with van der Waals surface area (Å²) >= 11 is 0. The van der Waals surface area contributed by atoms with Gasteiger partial charge in [0.25, 0.3) is 5.56 Å². The van der Waals surface area contributed by atoms with Gasteiger partial charge in [-0.15, -0.1) is 0 Å². The van der Waals surface area contributed by atoms with Crippen molar-refractivity contribution in [1.29, 1.82) is 0 Å². The van der Waals surface area contributed by atoms with Crippen LogP contribution in [0.5, 0.6) is 0 Å². The van der Waals surface area contributed by atoms with Crippen molar-refractivity contribution < 1.29 is 29.0 Å². The molecule has 12 heteroatoms. The number of nitrogens with one attached hydrogen (secondary N) is 1. The number of benzene rings is 2. The maximum absolute atomic E-state index is 13.7. The standard InChI is InChI=1S/C37H35N5O7/c1-19(2)17-49-36(46)32-20(3)41(4)37(47)40-33(32)21-9-11-22(12-10-21)38-15-25-23-7-5-6-8-28(23)39-34-26(25)16-42-29(34)13-24-27(35(42)45)18-48-31(44)14-30(24)43/h5-13,15,19,30,33,43H,14,16-18H2,1-4H3,(H,40,47). The summed E-state index contributed by atoms with van der Waals surface area (Å²) in [6.45, 7) is 5.95. The third kappa shape index (κ3) is 5.67. The molecule has 2 aromatic heterocycles. The smallest absolute Gasteiger partial charge is 0.338 e. The summed E-state index contributed by atoms with van der Waals surface area (Å²) in [7, 11) is 1.61. The molecule has 0 spiro atoms. The first kappa shape index (κ1) is 32.0. The van der Waals surface area contributed by atoms with Gasteiger partial charge in [0.2, 0.25) is 0 Å². The van der Waals surface area contributed by atoms with Crippen LogP contribution >= 0.6 is 0 Å². The maximum Gasteiger partial charge on any atom is 0.338 e. The molecule has 0 bridgehead atoms. The van der Waals surface area contributed by atoms with Gasteiger partial charge in [-0.05, 0) is 48.2 Å². The van der Waals surface area contributed by atoms with E-state index in [2.05, 4.69) is 5.32 Å². The first-order valence-electron chi connectivity index (χ1n) is 16.1. The number of fused-ring (bicyclic) bond motifs is 5. The molecule has 0 fully saturated rings. The molecule has 0 radical (unpaired) electrons. The van der Waals surface area contributed by atoms with Crippen LogP contribution in [-0.4, -0.2) is 57.4 Å². The van der Waals surface area contributed by atoms with Crippen LogP contribution in [0, 0.1) is 5.92 Å². The number of allylic oxidation sites excluding steroid dienone is 1. The SMILES string of the molecule is CC1=C(C(=O)OCC(C)C)C(c2ccc(N=Cc3c4c(nc5ccccc35)-c3cc5c(c(=O)n3C4)COC(=O)CC5O)cc2)NC(=O)N1C. The number of carbonyl (C=O) groups is 3. The number of esters is 2. The number of cyclic esters (lactones) is 1. The fraction of sp³-hybridized carbons (Fsp3) is 0.297. The summed E-state index contributed by atoms with van der Waals surface area (Å²) in [6.07, 6.45) is 0.377. The summed E-state index contributed by atoms with van der Waals surface area (Å²) in [5.41, 5.74) is 6.02. The maximum atomic E-state index is 13.7. The lowest BCUT2D eigenvalue weighted by atomic mass is 9.95. The zero-order valence-electron chi connectivity index (χ0n) is 27.5. The zero-order chi connectivity index (χ0) is 34.6. The van der Waals surface area contributed by atoms with Gasteiger partial charge < -0.3 is 29.4 Å². The highest BCUT2D eigenvalue weighted by Gasteiger charge is 2.35. The molecule has 2 aromatic carbocycles. The van der Waals surface area contributed by atoms with Crippen LogP contribution in [0.2, 0.25) is 0 Å². The number of rotatable bonds is 6. The second-order valence-corrected chi connectivity index (χ2v) is 12.9. The molecule has 0 saturated heterocycles. The Morgan fingerprint density at radius 1 is 1.14 bits per heavy atom. The first-order chi connectivity index (χ1) is 23.5. The molecule has 7 rings (SSSR count). The molecule has 49 heavy (non-hydrogen) atoms. The van der Waals surface area contributed by atoms with E-state index in [-0.39, 0.29) is 49.3 Å². The molecule has 4 aromatic rings. The van der Waals surface area contributed by atoms with E-state index in [0.717, 1.165) is 16.5 Å². The van der Waals surface area contributed by atoms with Crippen LogP contribution in [0.1, 0.15) is 67.2 Å². The van der Waals surface area contributed by atoms with Crippen molar-refractivity contribution in [3.8, 4) is 11.4 Å². The number of aliphatic hydroxyl groups is 1. The summed E-state index contributed by atoms with van der Waals surface area (Å²) in [5.74, 6) is -0.873. The molecular weight excluding hydrogens is 626 g/mol. The van der Waals surface area contributed by atoms with Gasteiger partial charge in [-0.1, -0.05) is 44.2 Å². The molecule has 3 aliphatic heterocycles. The molecule has 5 heterocycles. The van der Waals surface area contributed by atoms with Crippen molar-refractivity contribution in [3.05, 3.63) is 104 Å². The molecule has 0 saturated carbocycles. The lowest BCUT2D eigenvalue weighted by molar-refractivity contribution is -0.146. The predicted octanol–water partition coefficient (Wildman–Crippen LogP) is 4.83. The van der Waals surface area contributed by atoms with Crippen LogP contribution in [0.25, 0.3) is 22.3 Å². The second kappa shape index (κ2) is 12.4. The van der Waals surface area contributed by atoms with E-state index in [1.54, 1.807) is 30.8 Å². The number of hydrogen-bond acceptors (Lipinski definition) is 9. The fourth-order valence-electron chi connectivity index (χ4n) is 6.50. The Balaban J connectivity index is 1.24. The van der Waals surface area contributed by atoms with Crippen LogP contribution in [0.3, 0.4) is 0 Å². The average Bonchev–Trinajstić information content (AvgIpc) is 3.38. The highest BCUT2D eigenvalue weighted by atomic mass is 16.5. The monoisotopic (exact) mass is 661 g/mol. The van der Waals surface area contributed by atoms with Crippen molar-refractivity contribution in [3.63, 3.8) is 0 Å². The number of nitrogens with zero attached hydrogens (tertiary/aromatic N) is 4. The Morgan fingerprint density at radius 2 is 1.90 bits per heavy atom. The van der Waals surface area contributed by atoms with Gasteiger partial charge in [0.15, 0.2) is 0 Å². The van der Waals surface area contributed by atoms with Gasteiger partial charge in [0.1, 0.15) is 6.61 Å². The quantitative estimate of drug-likeness (QED) is 0.194. The summed E-state index contributed by atoms with van der Waals surface area (Å²) in [6, 6.07) is 15.6. The molecule has 3 aliphatic rings. The summed E-state index contributed by atoms with van der Waals surface area (Å²) in [5, 5.41) is 14.5.